The van der Waals surface area contributed by atoms with E-state index in [1.165, 1.54) is 36.9 Å². The molecule has 14 heteroatoms. The lowest BCUT2D eigenvalue weighted by molar-refractivity contribution is -0.168. The van der Waals surface area contributed by atoms with Crippen LogP contribution >= 0.6 is 0 Å². The summed E-state index contributed by atoms with van der Waals surface area (Å²) >= 11 is 0. The van der Waals surface area contributed by atoms with Crippen molar-refractivity contribution in [3.63, 3.8) is 0 Å². The predicted molar refractivity (Wildman–Crippen MR) is 164 cm³/mol. The highest BCUT2D eigenvalue weighted by Crippen LogP contribution is 2.34. The number of fused-ring (bicyclic) bond motifs is 1. The number of anilines is 1. The molecule has 3 rings (SSSR count). The van der Waals surface area contributed by atoms with Crippen LogP contribution in [0.3, 0.4) is 0 Å². The number of rotatable bonds is 10. The summed E-state index contributed by atoms with van der Waals surface area (Å²) in [6.07, 6.45) is -1.23. The Bertz CT molecular complexity index is 1510. The lowest BCUT2D eigenvalue weighted by atomic mass is 10.0. The van der Waals surface area contributed by atoms with E-state index < -0.39 is 47.8 Å². The van der Waals surface area contributed by atoms with Gasteiger partial charge in [0.25, 0.3) is 11.8 Å². The highest BCUT2D eigenvalue weighted by Gasteiger charge is 2.27. The molecule has 0 radical (unpaired) electrons. The fourth-order valence-corrected chi connectivity index (χ4v) is 4.53. The van der Waals surface area contributed by atoms with E-state index in [0.29, 0.717) is 33.8 Å². The van der Waals surface area contributed by atoms with Crippen LogP contribution in [0.15, 0.2) is 18.2 Å². The maximum absolute atomic E-state index is 13.8. The zero-order valence-electron chi connectivity index (χ0n) is 26.7. The zero-order chi connectivity index (χ0) is 33.6. The molecular weight excluding hydrogens is 589 g/mol. The van der Waals surface area contributed by atoms with Gasteiger partial charge in [-0.3, -0.25) is 9.59 Å². The number of carbonyl (C=O) groups excluding carboxylic acids is 5. The van der Waals surface area contributed by atoms with Crippen molar-refractivity contribution >= 4 is 47.3 Å². The first-order chi connectivity index (χ1) is 21.0. The summed E-state index contributed by atoms with van der Waals surface area (Å²) in [5.41, 5.74) is 2.51. The molecule has 1 aromatic heterocycles. The Hall–Kier alpha value is -4.88. The van der Waals surface area contributed by atoms with Crippen LogP contribution in [-0.4, -0.2) is 77.4 Å². The fraction of sp³-hybridized carbons (Fsp3) is 0.452. The molecule has 0 fully saturated rings. The number of aromatic nitrogens is 1. The van der Waals surface area contributed by atoms with E-state index in [-0.39, 0.29) is 31.1 Å². The van der Waals surface area contributed by atoms with E-state index in [1.54, 1.807) is 47.6 Å². The maximum Gasteiger partial charge on any atom is 0.412 e. The molecule has 13 nitrogen and oxygen atoms in total. The Morgan fingerprint density at radius 1 is 1.11 bits per heavy atom. The zero-order valence-corrected chi connectivity index (χ0v) is 26.7. The summed E-state index contributed by atoms with van der Waals surface area (Å²) in [6.45, 7) is 13.4. The molecule has 0 aliphatic carbocycles. The second kappa shape index (κ2) is 14.3. The molecule has 4 amide bonds. The molecule has 244 valence electrons. The van der Waals surface area contributed by atoms with Crippen molar-refractivity contribution in [1.82, 2.24) is 20.5 Å². The first-order valence-corrected chi connectivity index (χ1v) is 14.5. The third-order valence-electron chi connectivity index (χ3n) is 6.70. The maximum atomic E-state index is 13.8. The summed E-state index contributed by atoms with van der Waals surface area (Å²) in [4.78, 5) is 66.9. The average molecular weight is 630 g/mol. The van der Waals surface area contributed by atoms with E-state index in [9.17, 15) is 28.4 Å². The summed E-state index contributed by atoms with van der Waals surface area (Å²) in [6, 6.07) is 2.98. The summed E-state index contributed by atoms with van der Waals surface area (Å²) in [5, 5.41) is 7.83. The number of aryl methyl sites for hydroxylation is 1. The highest BCUT2D eigenvalue weighted by molar-refractivity contribution is 6.34. The van der Waals surface area contributed by atoms with E-state index in [4.69, 9.17) is 14.2 Å². The Morgan fingerprint density at radius 2 is 1.80 bits per heavy atom. The van der Waals surface area contributed by atoms with Crippen molar-refractivity contribution in [2.75, 3.05) is 25.0 Å². The van der Waals surface area contributed by atoms with Gasteiger partial charge in [-0.05, 0) is 78.3 Å². The van der Waals surface area contributed by atoms with Gasteiger partial charge in [0.15, 0.2) is 0 Å². The van der Waals surface area contributed by atoms with Crippen molar-refractivity contribution in [1.29, 1.82) is 0 Å². The third kappa shape index (κ3) is 9.06. The Kier molecular flexibility index (Phi) is 11.0. The molecule has 2 unspecified atom stereocenters. The van der Waals surface area contributed by atoms with Crippen molar-refractivity contribution in [2.24, 2.45) is 0 Å². The number of halogens is 1. The molecule has 4 N–H and O–H groups in total. The topological polar surface area (TPSA) is 168 Å². The number of alkyl carbamates (subject to hydrolysis) is 1. The van der Waals surface area contributed by atoms with Crippen molar-refractivity contribution in [3.8, 4) is 0 Å². The minimum Gasteiger partial charge on any atom is -0.444 e. The number of nitrogens with one attached hydrogen (secondary N) is 4. The van der Waals surface area contributed by atoms with Crippen molar-refractivity contribution in [3.05, 3.63) is 52.1 Å². The Morgan fingerprint density at radius 3 is 2.44 bits per heavy atom. The normalized spacial score (nSPS) is 14.6. The number of nitrogens with zero attached hydrogens (tertiary/aromatic N) is 1. The molecule has 0 saturated carbocycles. The van der Waals surface area contributed by atoms with E-state index in [2.05, 4.69) is 20.9 Å². The van der Waals surface area contributed by atoms with Crippen molar-refractivity contribution < 1.29 is 42.6 Å². The van der Waals surface area contributed by atoms with Gasteiger partial charge in [-0.2, -0.15) is 0 Å². The SMILES string of the molecule is CCN(CCNC(=O)c1c(C)[nH]c(/C=C2\C(=O)Nc3ccc(F)cc32)c1C)C(=O)OC(C)OC(=O)C(C)NC(=O)OC(C)(C)C. The molecule has 2 heterocycles. The number of H-pyrrole nitrogens is 1. The van der Waals surface area contributed by atoms with Gasteiger partial charge in [0, 0.05) is 49.2 Å². The van der Waals surface area contributed by atoms with E-state index >= 15 is 0 Å². The number of carbonyl (C=O) groups is 5. The van der Waals surface area contributed by atoms with Gasteiger partial charge in [0.05, 0.1) is 11.1 Å². The van der Waals surface area contributed by atoms with Crippen LogP contribution in [0.2, 0.25) is 0 Å². The fourth-order valence-electron chi connectivity index (χ4n) is 4.53. The number of hydrogen-bond donors (Lipinski definition) is 4. The number of esters is 1. The Balaban J connectivity index is 1.54. The predicted octanol–water partition coefficient (Wildman–Crippen LogP) is 4.25. The molecular formula is C31H40FN5O8. The highest BCUT2D eigenvalue weighted by atomic mass is 19.1. The standard InChI is InChI=1S/C31H40FN5O8/c1-9-37(30(42)44-19(5)43-28(40)18(4)35-29(41)45-31(6,7)8)13-12-33-27(39)25-16(2)24(34-17(25)3)15-22-21-14-20(32)10-11-23(21)36-26(22)38/h10-11,14-15,18-19,34H,9,12-13H2,1-8H3,(H,33,39)(H,35,41)(H,36,38)/b22-15-. The van der Waals surface area contributed by atoms with Gasteiger partial charge in [-0.25, -0.2) is 18.8 Å². The van der Waals surface area contributed by atoms with E-state index in [0.717, 1.165) is 0 Å². The number of amides is 4. The lowest BCUT2D eigenvalue weighted by Gasteiger charge is -2.24. The third-order valence-corrected chi connectivity index (χ3v) is 6.70. The van der Waals surface area contributed by atoms with Gasteiger partial charge in [0.2, 0.25) is 6.29 Å². The van der Waals surface area contributed by atoms with Crippen LogP contribution in [0.4, 0.5) is 19.7 Å². The van der Waals surface area contributed by atoms with Crippen LogP contribution < -0.4 is 16.0 Å². The molecule has 45 heavy (non-hydrogen) atoms. The summed E-state index contributed by atoms with van der Waals surface area (Å²) in [7, 11) is 0. The van der Waals surface area contributed by atoms with Crippen LogP contribution in [0.25, 0.3) is 11.6 Å². The first-order valence-electron chi connectivity index (χ1n) is 14.5. The quantitative estimate of drug-likeness (QED) is 0.172. The van der Waals surface area contributed by atoms with E-state index in [1.807, 2.05) is 0 Å². The lowest BCUT2D eigenvalue weighted by Crippen LogP contribution is -2.44. The van der Waals surface area contributed by atoms with Crippen LogP contribution in [0, 0.1) is 19.7 Å². The molecule has 0 saturated heterocycles. The molecule has 0 spiro atoms. The summed E-state index contributed by atoms with van der Waals surface area (Å²) < 4.78 is 29.3. The molecule has 2 aromatic rings. The summed E-state index contributed by atoms with van der Waals surface area (Å²) in [5.74, 6) is -2.07. The van der Waals surface area contributed by atoms with Gasteiger partial charge < -0.3 is 40.0 Å². The molecule has 2 atom stereocenters. The minimum absolute atomic E-state index is 0.0856. The van der Waals surface area contributed by atoms with Gasteiger partial charge in [0.1, 0.15) is 17.5 Å². The second-order valence-electron chi connectivity index (χ2n) is 11.5. The minimum atomic E-state index is -1.25. The molecule has 1 aromatic carbocycles. The van der Waals surface area contributed by atoms with Crippen LogP contribution in [-0.2, 0) is 23.8 Å². The molecule has 0 bridgehead atoms. The molecule has 1 aliphatic heterocycles. The number of hydrogen-bond acceptors (Lipinski definition) is 8. The van der Waals surface area contributed by atoms with Gasteiger partial charge in [-0.15, -0.1) is 0 Å². The van der Waals surface area contributed by atoms with Gasteiger partial charge >= 0.3 is 18.2 Å². The number of ether oxygens (including phenoxy) is 3. The Labute approximate surface area is 260 Å². The van der Waals surface area contributed by atoms with Crippen LogP contribution in [0.5, 0.6) is 0 Å². The van der Waals surface area contributed by atoms with Crippen LogP contribution in [0.1, 0.15) is 74.4 Å². The number of benzene rings is 1. The van der Waals surface area contributed by atoms with Gasteiger partial charge in [-0.1, -0.05) is 0 Å². The number of likely N-dealkylation sites (N-methyl/N-ethyl adjacent to an activating group) is 1. The number of aromatic amines is 1. The average Bonchev–Trinajstić information content (AvgIpc) is 3.38. The monoisotopic (exact) mass is 629 g/mol. The first kappa shape index (κ1) is 34.6. The van der Waals surface area contributed by atoms with Crippen molar-refractivity contribution in [2.45, 2.75) is 73.3 Å². The second-order valence-corrected chi connectivity index (χ2v) is 11.5. The smallest absolute Gasteiger partial charge is 0.412 e. The molecule has 1 aliphatic rings. The largest absolute Gasteiger partial charge is 0.444 e.